The molecular weight excluding hydrogens is 254 g/mol. The summed E-state index contributed by atoms with van der Waals surface area (Å²) in [4.78, 5) is 14.1. The molecule has 0 spiro atoms. The molecule has 1 aromatic carbocycles. The van der Waals surface area contributed by atoms with E-state index in [1.807, 2.05) is 39.0 Å². The fraction of sp³-hybridized carbons (Fsp3) is 0.250. The molecule has 3 heteroatoms. The Morgan fingerprint density at radius 1 is 1.20 bits per heavy atom. The molecule has 0 aliphatic heterocycles. The topological polar surface area (TPSA) is 32.9 Å². The molecule has 2 aromatic rings. The molecule has 0 saturated carbocycles. The van der Waals surface area contributed by atoms with Crippen molar-refractivity contribution in [2.75, 3.05) is 0 Å². The molecule has 1 heterocycles. The largest absolute Gasteiger partial charge is 0.327 e. The van der Waals surface area contributed by atoms with Gasteiger partial charge in [-0.15, -0.1) is 0 Å². The lowest BCUT2D eigenvalue weighted by Crippen LogP contribution is -2.05. The van der Waals surface area contributed by atoms with Crippen LogP contribution in [0.3, 0.4) is 0 Å². The zero-order valence-corrected chi connectivity index (χ0v) is 10.7. The van der Waals surface area contributed by atoms with E-state index in [0.29, 0.717) is 0 Å². The van der Waals surface area contributed by atoms with Crippen LogP contribution in [0, 0.1) is 6.92 Å². The lowest BCUT2D eigenvalue weighted by molar-refractivity contribution is 1.26. The van der Waals surface area contributed by atoms with E-state index < -0.39 is 0 Å². The number of pyridine rings is 1. The van der Waals surface area contributed by atoms with E-state index in [4.69, 9.17) is 0 Å². The number of hydrogen-bond donors (Lipinski definition) is 1. The van der Waals surface area contributed by atoms with Crippen molar-refractivity contribution in [3.05, 3.63) is 44.8 Å². The van der Waals surface area contributed by atoms with E-state index in [9.17, 15) is 4.79 Å². The summed E-state index contributed by atoms with van der Waals surface area (Å²) in [6.45, 7) is 5.97. The van der Waals surface area contributed by atoms with Crippen LogP contribution in [-0.4, -0.2) is 4.98 Å². The second kappa shape index (κ2) is 5.12. The predicted octanol–water partition coefficient (Wildman–Crippen LogP) is 3.63. The van der Waals surface area contributed by atoms with E-state index in [1.165, 1.54) is 0 Å². The number of H-pyrrole nitrogens is 1. The Labute approximate surface area is 97.5 Å². The fourth-order valence-electron chi connectivity index (χ4n) is 1.34. The van der Waals surface area contributed by atoms with Crippen molar-refractivity contribution < 1.29 is 0 Å². The highest BCUT2D eigenvalue weighted by molar-refractivity contribution is 9.10. The first-order valence-electron chi connectivity index (χ1n) is 4.96. The highest BCUT2D eigenvalue weighted by Gasteiger charge is 2.01. The van der Waals surface area contributed by atoms with Gasteiger partial charge in [0, 0.05) is 21.4 Å². The quantitative estimate of drug-likeness (QED) is 0.777. The van der Waals surface area contributed by atoms with Crippen LogP contribution in [0.25, 0.3) is 10.8 Å². The van der Waals surface area contributed by atoms with Crippen LogP contribution in [-0.2, 0) is 0 Å². The fourth-order valence-corrected chi connectivity index (χ4v) is 1.80. The molecule has 0 fully saturated rings. The smallest absolute Gasteiger partial charge is 0.255 e. The van der Waals surface area contributed by atoms with Crippen molar-refractivity contribution in [2.45, 2.75) is 20.8 Å². The minimum atomic E-state index is -0.0399. The van der Waals surface area contributed by atoms with Crippen LogP contribution in [0.2, 0.25) is 0 Å². The average Bonchev–Trinajstić information content (AvgIpc) is 2.27. The molecule has 1 aromatic heterocycles. The minimum Gasteiger partial charge on any atom is -0.327 e. The maximum atomic E-state index is 11.4. The first-order chi connectivity index (χ1) is 7.18. The van der Waals surface area contributed by atoms with Gasteiger partial charge >= 0.3 is 0 Å². The van der Waals surface area contributed by atoms with Crippen LogP contribution in [0.1, 0.15) is 19.4 Å². The molecule has 0 saturated heterocycles. The van der Waals surface area contributed by atoms with Crippen LogP contribution in [0.15, 0.2) is 33.7 Å². The van der Waals surface area contributed by atoms with Crippen molar-refractivity contribution in [3.8, 4) is 0 Å². The lowest BCUT2D eigenvalue weighted by Gasteiger charge is -2.00. The molecular formula is C12H14BrNO. The third kappa shape index (κ3) is 2.48. The molecule has 2 nitrogen and oxygen atoms in total. The standard InChI is InChI=1S/C10H8BrNO.C2H6/c1-6-2-3-7-8(4-6)10(13)12-5-9(7)11;1-2/h2-5H,1H3,(H,12,13);1-2H3. The number of rotatable bonds is 0. The summed E-state index contributed by atoms with van der Waals surface area (Å²) in [7, 11) is 0. The lowest BCUT2D eigenvalue weighted by atomic mass is 10.1. The molecule has 1 N–H and O–H groups in total. The van der Waals surface area contributed by atoms with Gasteiger partial charge in [0.1, 0.15) is 0 Å². The van der Waals surface area contributed by atoms with Crippen molar-refractivity contribution in [2.24, 2.45) is 0 Å². The van der Waals surface area contributed by atoms with Gasteiger partial charge in [-0.3, -0.25) is 4.79 Å². The highest BCUT2D eigenvalue weighted by atomic mass is 79.9. The molecule has 0 atom stereocenters. The Morgan fingerprint density at radius 2 is 1.87 bits per heavy atom. The maximum Gasteiger partial charge on any atom is 0.255 e. The number of halogens is 1. The molecule has 2 rings (SSSR count). The first kappa shape index (κ1) is 12.0. The number of nitrogens with one attached hydrogen (secondary N) is 1. The van der Waals surface area contributed by atoms with Crippen molar-refractivity contribution >= 4 is 26.7 Å². The summed E-state index contributed by atoms with van der Waals surface area (Å²) >= 11 is 3.39. The third-order valence-corrected chi connectivity index (χ3v) is 2.66. The molecule has 0 aliphatic rings. The van der Waals surface area contributed by atoms with Crippen LogP contribution in [0.5, 0.6) is 0 Å². The Balaban J connectivity index is 0.000000531. The van der Waals surface area contributed by atoms with E-state index in [1.54, 1.807) is 6.20 Å². The second-order valence-corrected chi connectivity index (χ2v) is 3.87. The Kier molecular flexibility index (Phi) is 4.09. The van der Waals surface area contributed by atoms with Gasteiger partial charge in [-0.1, -0.05) is 31.5 Å². The molecule has 15 heavy (non-hydrogen) atoms. The minimum absolute atomic E-state index is 0.0399. The second-order valence-electron chi connectivity index (χ2n) is 3.01. The van der Waals surface area contributed by atoms with Gasteiger partial charge in [0.05, 0.1) is 0 Å². The molecule has 0 amide bonds. The van der Waals surface area contributed by atoms with Crippen LogP contribution >= 0.6 is 15.9 Å². The number of benzene rings is 1. The molecule has 0 aliphatic carbocycles. The summed E-state index contributed by atoms with van der Waals surface area (Å²) in [6.07, 6.45) is 1.67. The summed E-state index contributed by atoms with van der Waals surface area (Å²) < 4.78 is 0.919. The normalized spacial score (nSPS) is 9.60. The third-order valence-electron chi connectivity index (χ3n) is 2.01. The van der Waals surface area contributed by atoms with Crippen molar-refractivity contribution in [3.63, 3.8) is 0 Å². The van der Waals surface area contributed by atoms with Gasteiger partial charge in [-0.2, -0.15) is 0 Å². The maximum absolute atomic E-state index is 11.4. The summed E-state index contributed by atoms with van der Waals surface area (Å²) in [5.74, 6) is 0. The number of aromatic amines is 1. The molecule has 0 radical (unpaired) electrons. The SMILES string of the molecule is CC.Cc1ccc2c(Br)c[nH]c(=O)c2c1. The highest BCUT2D eigenvalue weighted by Crippen LogP contribution is 2.20. The van der Waals surface area contributed by atoms with Gasteiger partial charge in [0.25, 0.3) is 5.56 Å². The predicted molar refractivity (Wildman–Crippen MR) is 68.4 cm³/mol. The average molecular weight is 268 g/mol. The van der Waals surface area contributed by atoms with E-state index in [2.05, 4.69) is 20.9 Å². The van der Waals surface area contributed by atoms with Gasteiger partial charge in [-0.05, 0) is 28.9 Å². The molecule has 80 valence electrons. The number of aryl methyl sites for hydroxylation is 1. The summed E-state index contributed by atoms with van der Waals surface area (Å²) in [6, 6.07) is 5.83. The van der Waals surface area contributed by atoms with Gasteiger partial charge < -0.3 is 4.98 Å². The summed E-state index contributed by atoms with van der Waals surface area (Å²) in [5.41, 5.74) is 1.05. The van der Waals surface area contributed by atoms with E-state index in [-0.39, 0.29) is 5.56 Å². The Morgan fingerprint density at radius 3 is 2.53 bits per heavy atom. The Bertz CT molecular complexity index is 517. The van der Waals surface area contributed by atoms with Crippen LogP contribution in [0.4, 0.5) is 0 Å². The summed E-state index contributed by atoms with van der Waals surface area (Å²) in [5, 5.41) is 1.68. The van der Waals surface area contributed by atoms with Gasteiger partial charge in [-0.25, -0.2) is 0 Å². The van der Waals surface area contributed by atoms with Crippen molar-refractivity contribution in [1.29, 1.82) is 0 Å². The van der Waals surface area contributed by atoms with E-state index >= 15 is 0 Å². The first-order valence-corrected chi connectivity index (χ1v) is 5.75. The Hall–Kier alpha value is -1.09. The van der Waals surface area contributed by atoms with Gasteiger partial charge in [0.2, 0.25) is 0 Å². The number of fused-ring (bicyclic) bond motifs is 1. The van der Waals surface area contributed by atoms with Gasteiger partial charge in [0.15, 0.2) is 0 Å². The molecule has 0 bridgehead atoms. The van der Waals surface area contributed by atoms with Crippen molar-refractivity contribution in [1.82, 2.24) is 4.98 Å². The zero-order valence-electron chi connectivity index (χ0n) is 9.10. The number of aromatic nitrogens is 1. The van der Waals surface area contributed by atoms with Crippen LogP contribution < -0.4 is 5.56 Å². The monoisotopic (exact) mass is 267 g/mol. The zero-order chi connectivity index (χ0) is 11.4. The van der Waals surface area contributed by atoms with E-state index in [0.717, 1.165) is 20.8 Å². The molecule has 0 unspecified atom stereocenters. The number of hydrogen-bond acceptors (Lipinski definition) is 1.